The molecule has 4 rings (SSSR count). The zero-order valence-electron chi connectivity index (χ0n) is 17.0. The van der Waals surface area contributed by atoms with Crippen molar-refractivity contribution in [1.82, 2.24) is 15.3 Å². The second kappa shape index (κ2) is 7.87. The van der Waals surface area contributed by atoms with Gasteiger partial charge in [-0.05, 0) is 68.3 Å². The molecular weight excluding hydrogens is 380 g/mol. The highest BCUT2D eigenvalue weighted by molar-refractivity contribution is 7.18. The first-order valence-corrected chi connectivity index (χ1v) is 10.5. The monoisotopic (exact) mass is 406 g/mol. The summed E-state index contributed by atoms with van der Waals surface area (Å²) >= 11 is 1.72. The van der Waals surface area contributed by atoms with Gasteiger partial charge in [-0.1, -0.05) is 6.58 Å². The molecule has 0 bridgehead atoms. The van der Waals surface area contributed by atoms with Crippen molar-refractivity contribution in [2.45, 2.75) is 38.3 Å². The van der Waals surface area contributed by atoms with Crippen molar-refractivity contribution in [2.75, 3.05) is 12.4 Å². The van der Waals surface area contributed by atoms with E-state index in [2.05, 4.69) is 60.3 Å². The molecule has 29 heavy (non-hydrogen) atoms. The minimum Gasteiger partial charge on any atom is -0.497 e. The Hall–Kier alpha value is -2.86. The number of methoxy groups -OCH3 is 1. The van der Waals surface area contributed by atoms with Crippen LogP contribution in [-0.2, 0) is 0 Å². The lowest BCUT2D eigenvalue weighted by Gasteiger charge is -2.38. The highest BCUT2D eigenvalue weighted by Gasteiger charge is 2.29. The minimum absolute atomic E-state index is 0.0195. The summed E-state index contributed by atoms with van der Waals surface area (Å²) in [5, 5.41) is 6.95. The van der Waals surface area contributed by atoms with Crippen LogP contribution in [0.5, 0.6) is 5.75 Å². The van der Waals surface area contributed by atoms with E-state index in [1.165, 1.54) is 10.4 Å². The molecule has 1 aliphatic rings. The first-order chi connectivity index (χ1) is 13.9. The van der Waals surface area contributed by atoms with Crippen LogP contribution in [0.2, 0.25) is 0 Å². The maximum atomic E-state index is 5.24. The van der Waals surface area contributed by atoms with Gasteiger partial charge in [0.1, 0.15) is 5.75 Å². The number of nitrogens with one attached hydrogen (secondary N) is 2. The second-order valence-corrected chi connectivity index (χ2v) is 9.10. The van der Waals surface area contributed by atoms with E-state index in [9.17, 15) is 0 Å². The fraction of sp³-hybridized carbons (Fsp3) is 0.304. The lowest BCUT2D eigenvalue weighted by molar-refractivity contribution is 0.324. The Morgan fingerprint density at radius 2 is 1.90 bits per heavy atom. The maximum Gasteiger partial charge on any atom is 0.223 e. The smallest absolute Gasteiger partial charge is 0.223 e. The highest BCUT2D eigenvalue weighted by atomic mass is 32.1. The summed E-state index contributed by atoms with van der Waals surface area (Å²) in [5.74, 6) is 1.53. The highest BCUT2D eigenvalue weighted by Crippen LogP contribution is 2.34. The molecule has 1 atom stereocenters. The summed E-state index contributed by atoms with van der Waals surface area (Å²) in [4.78, 5) is 11.5. The molecular formula is C23H26N4OS. The Bertz CT molecular complexity index is 1010. The van der Waals surface area contributed by atoms with Gasteiger partial charge in [-0.25, -0.2) is 9.97 Å². The lowest BCUT2D eigenvalue weighted by atomic mass is 9.88. The number of anilines is 1. The Kier molecular flexibility index (Phi) is 5.28. The van der Waals surface area contributed by atoms with Gasteiger partial charge in [0.25, 0.3) is 0 Å². The quantitative estimate of drug-likeness (QED) is 0.599. The molecule has 0 radical (unpaired) electrons. The zero-order chi connectivity index (χ0) is 20.4. The molecule has 1 fully saturated rings. The SMILES string of the molecule is C=C1CC(Nc2nccc(-c3ccc(-c4ccc(OC)cc4)s3)n2)CC(C)(C)N1. The molecule has 0 aliphatic carbocycles. The Balaban J connectivity index is 1.51. The van der Waals surface area contributed by atoms with E-state index in [0.29, 0.717) is 5.95 Å². The van der Waals surface area contributed by atoms with Gasteiger partial charge in [0, 0.05) is 34.8 Å². The lowest BCUT2D eigenvalue weighted by Crippen LogP contribution is -2.48. The molecule has 0 spiro atoms. The fourth-order valence-electron chi connectivity index (χ4n) is 3.80. The van der Waals surface area contributed by atoms with E-state index in [-0.39, 0.29) is 11.6 Å². The first-order valence-electron chi connectivity index (χ1n) is 9.72. The molecule has 1 aromatic carbocycles. The van der Waals surface area contributed by atoms with Crippen molar-refractivity contribution in [2.24, 2.45) is 0 Å². The molecule has 2 N–H and O–H groups in total. The Morgan fingerprint density at radius 3 is 2.62 bits per heavy atom. The van der Waals surface area contributed by atoms with Crippen molar-refractivity contribution in [3.8, 4) is 26.8 Å². The summed E-state index contributed by atoms with van der Waals surface area (Å²) < 4.78 is 5.24. The van der Waals surface area contributed by atoms with Crippen LogP contribution in [0.3, 0.4) is 0 Å². The fourth-order valence-corrected chi connectivity index (χ4v) is 4.78. The molecule has 3 aromatic rings. The summed E-state index contributed by atoms with van der Waals surface area (Å²) in [6.07, 6.45) is 3.68. The number of rotatable bonds is 5. The molecule has 0 amide bonds. The zero-order valence-corrected chi connectivity index (χ0v) is 17.8. The van der Waals surface area contributed by atoms with Crippen LogP contribution in [0.15, 0.2) is 60.9 Å². The number of hydrogen-bond donors (Lipinski definition) is 2. The van der Waals surface area contributed by atoms with Crippen LogP contribution in [-0.4, -0.2) is 28.7 Å². The van der Waals surface area contributed by atoms with Gasteiger partial charge in [-0.2, -0.15) is 0 Å². The van der Waals surface area contributed by atoms with Crippen molar-refractivity contribution in [3.05, 3.63) is 60.9 Å². The predicted molar refractivity (Wildman–Crippen MR) is 120 cm³/mol. The van der Waals surface area contributed by atoms with Crippen LogP contribution >= 0.6 is 11.3 Å². The van der Waals surface area contributed by atoms with E-state index in [1.807, 2.05) is 24.4 Å². The molecule has 6 heteroatoms. The molecule has 1 saturated heterocycles. The second-order valence-electron chi connectivity index (χ2n) is 8.02. The van der Waals surface area contributed by atoms with Gasteiger partial charge in [0.2, 0.25) is 5.95 Å². The van der Waals surface area contributed by atoms with Gasteiger partial charge in [-0.3, -0.25) is 0 Å². The number of nitrogens with zero attached hydrogens (tertiary/aromatic N) is 2. The van der Waals surface area contributed by atoms with Gasteiger partial charge < -0.3 is 15.4 Å². The van der Waals surface area contributed by atoms with E-state index in [1.54, 1.807) is 18.4 Å². The number of benzene rings is 1. The molecule has 0 saturated carbocycles. The van der Waals surface area contributed by atoms with Crippen molar-refractivity contribution < 1.29 is 4.74 Å². The number of aromatic nitrogens is 2. The first kappa shape index (κ1) is 19.5. The van der Waals surface area contributed by atoms with Gasteiger partial charge in [-0.15, -0.1) is 11.3 Å². The molecule has 150 valence electrons. The molecule has 5 nitrogen and oxygen atoms in total. The summed E-state index contributed by atoms with van der Waals surface area (Å²) in [6.45, 7) is 8.49. The number of thiophene rings is 1. The van der Waals surface area contributed by atoms with E-state index >= 15 is 0 Å². The van der Waals surface area contributed by atoms with Gasteiger partial charge in [0.15, 0.2) is 0 Å². The summed E-state index contributed by atoms with van der Waals surface area (Å²) in [7, 11) is 1.68. The third kappa shape index (κ3) is 4.59. The van der Waals surface area contributed by atoms with Crippen LogP contribution in [0, 0.1) is 0 Å². The van der Waals surface area contributed by atoms with Crippen molar-refractivity contribution in [3.63, 3.8) is 0 Å². The van der Waals surface area contributed by atoms with Crippen LogP contribution < -0.4 is 15.4 Å². The Labute approximate surface area is 175 Å². The number of ether oxygens (including phenoxy) is 1. The van der Waals surface area contributed by atoms with Crippen LogP contribution in [0.4, 0.5) is 5.95 Å². The predicted octanol–water partition coefficient (Wildman–Crippen LogP) is 5.34. The van der Waals surface area contributed by atoms with E-state index in [4.69, 9.17) is 9.72 Å². The third-order valence-electron chi connectivity index (χ3n) is 4.99. The Morgan fingerprint density at radius 1 is 1.14 bits per heavy atom. The molecule has 1 unspecified atom stereocenters. The normalized spacial score (nSPS) is 18.2. The molecule has 3 heterocycles. The minimum atomic E-state index is 0.0195. The summed E-state index contributed by atoms with van der Waals surface area (Å²) in [6, 6.07) is 14.6. The van der Waals surface area contributed by atoms with E-state index < -0.39 is 0 Å². The average molecular weight is 407 g/mol. The van der Waals surface area contributed by atoms with Crippen LogP contribution in [0.25, 0.3) is 21.0 Å². The maximum absolute atomic E-state index is 5.24. The van der Waals surface area contributed by atoms with E-state index in [0.717, 1.165) is 34.9 Å². The molecule has 2 aromatic heterocycles. The summed E-state index contributed by atoms with van der Waals surface area (Å²) in [5.41, 5.74) is 3.17. The van der Waals surface area contributed by atoms with Crippen molar-refractivity contribution >= 4 is 17.3 Å². The van der Waals surface area contributed by atoms with Gasteiger partial charge >= 0.3 is 0 Å². The third-order valence-corrected chi connectivity index (χ3v) is 6.14. The standard InChI is InChI=1S/C23H26N4OS/c1-15-13-17(14-23(2,3)27-15)25-22-24-12-11-19(26-22)21-10-9-20(29-21)16-5-7-18(28-4)8-6-16/h5-12,17,27H,1,13-14H2,2-4H3,(H,24,25,26). The number of hydrogen-bond acceptors (Lipinski definition) is 6. The number of piperidine rings is 1. The average Bonchev–Trinajstić information content (AvgIpc) is 3.17. The van der Waals surface area contributed by atoms with Gasteiger partial charge in [0.05, 0.1) is 17.7 Å². The molecule has 1 aliphatic heterocycles. The topological polar surface area (TPSA) is 59.1 Å². The van der Waals surface area contributed by atoms with Crippen molar-refractivity contribution in [1.29, 1.82) is 0 Å². The largest absolute Gasteiger partial charge is 0.497 e. The van der Waals surface area contributed by atoms with Crippen LogP contribution in [0.1, 0.15) is 26.7 Å².